The molecule has 1 saturated heterocycles. The van der Waals surface area contributed by atoms with Crippen LogP contribution in [0.3, 0.4) is 0 Å². The van der Waals surface area contributed by atoms with Crippen LogP contribution in [0.1, 0.15) is 48.9 Å². The molecule has 0 saturated carbocycles. The number of aryl methyl sites for hydroxylation is 1. The van der Waals surface area contributed by atoms with E-state index in [4.69, 9.17) is 4.74 Å². The van der Waals surface area contributed by atoms with E-state index in [0.717, 1.165) is 80.1 Å². The van der Waals surface area contributed by atoms with Gasteiger partial charge in [-0.3, -0.25) is 9.89 Å². The molecule has 1 amide bonds. The maximum absolute atomic E-state index is 12.7. The van der Waals surface area contributed by atoms with Crippen molar-refractivity contribution in [3.63, 3.8) is 0 Å². The van der Waals surface area contributed by atoms with E-state index < -0.39 is 0 Å². The van der Waals surface area contributed by atoms with Crippen LogP contribution in [0.25, 0.3) is 10.9 Å². The Morgan fingerprint density at radius 1 is 1.17 bits per heavy atom. The molecule has 4 heterocycles. The van der Waals surface area contributed by atoms with Crippen molar-refractivity contribution >= 4 is 16.8 Å². The largest absolute Gasteiger partial charge is 0.381 e. The number of ether oxygens (including phenoxy) is 1. The predicted molar refractivity (Wildman–Crippen MR) is 107 cm³/mol. The lowest BCUT2D eigenvalue weighted by Gasteiger charge is -2.22. The highest BCUT2D eigenvalue weighted by Crippen LogP contribution is 2.28. The van der Waals surface area contributed by atoms with Gasteiger partial charge in [0.05, 0.1) is 17.6 Å². The number of nitrogens with one attached hydrogen (secondary N) is 2. The molecule has 152 valence electrons. The highest BCUT2D eigenvalue weighted by atomic mass is 16.5. The molecule has 8 nitrogen and oxygen atoms in total. The zero-order valence-electron chi connectivity index (χ0n) is 16.4. The Morgan fingerprint density at radius 3 is 2.93 bits per heavy atom. The summed E-state index contributed by atoms with van der Waals surface area (Å²) >= 11 is 0. The Kier molecular flexibility index (Phi) is 5.01. The van der Waals surface area contributed by atoms with Crippen molar-refractivity contribution < 1.29 is 9.53 Å². The molecule has 0 spiro atoms. The van der Waals surface area contributed by atoms with Crippen molar-refractivity contribution in [2.75, 3.05) is 13.2 Å². The first-order valence-electron chi connectivity index (χ1n) is 10.5. The smallest absolute Gasteiger partial charge is 0.226 e. The van der Waals surface area contributed by atoms with Crippen LogP contribution in [0.15, 0.2) is 24.3 Å². The number of hydrogen-bond donors (Lipinski definition) is 2. The number of amides is 1. The highest BCUT2D eigenvalue weighted by Gasteiger charge is 2.26. The maximum Gasteiger partial charge on any atom is 0.226 e. The van der Waals surface area contributed by atoms with Gasteiger partial charge in [-0.05, 0) is 31.7 Å². The average molecular weight is 394 g/mol. The summed E-state index contributed by atoms with van der Waals surface area (Å²) in [6, 6.07) is 8.02. The topological polar surface area (TPSA) is 97.7 Å². The molecule has 8 heteroatoms. The maximum atomic E-state index is 12.7. The van der Waals surface area contributed by atoms with Crippen LogP contribution in [0.5, 0.6) is 0 Å². The second kappa shape index (κ2) is 7.94. The first kappa shape index (κ1) is 18.3. The van der Waals surface area contributed by atoms with E-state index >= 15 is 0 Å². The van der Waals surface area contributed by atoms with Crippen LogP contribution in [0, 0.1) is 0 Å². The number of carbonyl (C=O) groups excluding carboxylic acids is 1. The van der Waals surface area contributed by atoms with Gasteiger partial charge in [0.2, 0.25) is 5.91 Å². The van der Waals surface area contributed by atoms with Crippen LogP contribution in [-0.4, -0.2) is 50.1 Å². The summed E-state index contributed by atoms with van der Waals surface area (Å²) in [5.74, 6) is 2.61. The second-order valence-electron chi connectivity index (χ2n) is 8.00. The van der Waals surface area contributed by atoms with E-state index in [-0.39, 0.29) is 11.9 Å². The predicted octanol–water partition coefficient (Wildman–Crippen LogP) is 2.11. The van der Waals surface area contributed by atoms with Crippen molar-refractivity contribution in [3.8, 4) is 0 Å². The Hall–Kier alpha value is -2.74. The molecule has 2 N–H and O–H groups in total. The van der Waals surface area contributed by atoms with Gasteiger partial charge >= 0.3 is 0 Å². The van der Waals surface area contributed by atoms with Crippen LogP contribution in [0.4, 0.5) is 0 Å². The zero-order valence-corrected chi connectivity index (χ0v) is 16.4. The molecule has 0 radical (unpaired) electrons. The summed E-state index contributed by atoms with van der Waals surface area (Å²) in [4.78, 5) is 12.7. The van der Waals surface area contributed by atoms with E-state index in [1.807, 2.05) is 24.3 Å². The molecule has 1 atom stereocenters. The lowest BCUT2D eigenvalue weighted by atomic mass is 9.99. The van der Waals surface area contributed by atoms with E-state index in [1.54, 1.807) is 0 Å². The number of para-hydroxylation sites is 1. The van der Waals surface area contributed by atoms with E-state index in [9.17, 15) is 4.79 Å². The fourth-order valence-electron chi connectivity index (χ4n) is 4.50. The first-order chi connectivity index (χ1) is 14.3. The fraction of sp³-hybridized carbons (Fsp3) is 0.524. The van der Waals surface area contributed by atoms with Gasteiger partial charge in [-0.25, -0.2) is 0 Å². The van der Waals surface area contributed by atoms with Gasteiger partial charge in [0.15, 0.2) is 0 Å². The van der Waals surface area contributed by atoms with E-state index in [0.29, 0.717) is 12.3 Å². The molecule has 29 heavy (non-hydrogen) atoms. The molecular formula is C21H26N6O2. The number of rotatable bonds is 4. The lowest BCUT2D eigenvalue weighted by molar-refractivity contribution is -0.121. The molecular weight excluding hydrogens is 368 g/mol. The number of benzene rings is 1. The molecule has 2 aliphatic heterocycles. The van der Waals surface area contributed by atoms with Crippen molar-refractivity contribution in [2.24, 2.45) is 0 Å². The van der Waals surface area contributed by atoms with E-state index in [2.05, 4.69) is 30.3 Å². The fourth-order valence-corrected chi connectivity index (χ4v) is 4.50. The van der Waals surface area contributed by atoms with Gasteiger partial charge < -0.3 is 14.6 Å². The molecule has 1 fully saturated rings. The zero-order chi connectivity index (χ0) is 19.6. The Balaban J connectivity index is 1.22. The van der Waals surface area contributed by atoms with Crippen molar-refractivity contribution in [2.45, 2.75) is 57.0 Å². The summed E-state index contributed by atoms with van der Waals surface area (Å²) in [5.41, 5.74) is 1.76. The SMILES string of the molecule is O=C(Cc1[nH]nc2ccccc12)NC1CCc2nnc(C3CCOCC3)n2CC1. The van der Waals surface area contributed by atoms with Crippen molar-refractivity contribution in [1.29, 1.82) is 0 Å². The number of hydrogen-bond acceptors (Lipinski definition) is 5. The quantitative estimate of drug-likeness (QED) is 0.706. The van der Waals surface area contributed by atoms with Crippen LogP contribution < -0.4 is 5.32 Å². The van der Waals surface area contributed by atoms with Crippen LogP contribution >= 0.6 is 0 Å². The van der Waals surface area contributed by atoms with Gasteiger partial charge in [-0.1, -0.05) is 18.2 Å². The average Bonchev–Trinajstić information content (AvgIpc) is 3.29. The third-order valence-electron chi connectivity index (χ3n) is 6.10. The molecule has 1 aromatic carbocycles. The molecule has 0 aliphatic carbocycles. The second-order valence-corrected chi connectivity index (χ2v) is 8.00. The summed E-state index contributed by atoms with van der Waals surface area (Å²) in [5, 5.41) is 20.4. The van der Waals surface area contributed by atoms with E-state index in [1.165, 1.54) is 0 Å². The minimum absolute atomic E-state index is 0.0340. The van der Waals surface area contributed by atoms with Gasteiger partial charge in [0.1, 0.15) is 11.6 Å². The monoisotopic (exact) mass is 394 g/mol. The standard InChI is InChI=1S/C21H26N6O2/c28-20(13-18-16-3-1-2-4-17(16)23-24-18)22-15-5-6-19-25-26-21(27(19)10-7-15)14-8-11-29-12-9-14/h1-4,14-15H,5-13H2,(H,22,28)(H,23,24). The first-order valence-corrected chi connectivity index (χ1v) is 10.5. The van der Waals surface area contributed by atoms with Crippen molar-refractivity contribution in [1.82, 2.24) is 30.3 Å². The summed E-state index contributed by atoms with van der Waals surface area (Å²) in [7, 11) is 0. The number of carbonyl (C=O) groups is 1. The van der Waals surface area contributed by atoms with Crippen molar-refractivity contribution in [3.05, 3.63) is 41.6 Å². The van der Waals surface area contributed by atoms with Gasteiger partial charge in [0, 0.05) is 43.5 Å². The molecule has 0 bridgehead atoms. The van der Waals surface area contributed by atoms with Gasteiger partial charge in [0.25, 0.3) is 0 Å². The number of aromatic nitrogens is 5. The Labute approximate surface area is 169 Å². The Bertz CT molecular complexity index is 1000. The van der Waals surface area contributed by atoms with Crippen LogP contribution in [0.2, 0.25) is 0 Å². The summed E-state index contributed by atoms with van der Waals surface area (Å²) in [6.45, 7) is 2.45. The third-order valence-corrected chi connectivity index (χ3v) is 6.10. The number of nitrogens with zero attached hydrogens (tertiary/aromatic N) is 4. The lowest BCUT2D eigenvalue weighted by Crippen LogP contribution is -2.36. The number of H-pyrrole nitrogens is 1. The normalized spacial score (nSPS) is 20.3. The summed E-state index contributed by atoms with van der Waals surface area (Å²) in [6.07, 6.45) is 4.97. The molecule has 3 aromatic rings. The third kappa shape index (κ3) is 3.76. The summed E-state index contributed by atoms with van der Waals surface area (Å²) < 4.78 is 7.77. The minimum Gasteiger partial charge on any atom is -0.381 e. The number of aromatic amines is 1. The van der Waals surface area contributed by atoms with Gasteiger partial charge in [-0.15, -0.1) is 10.2 Å². The van der Waals surface area contributed by atoms with Crippen LogP contribution in [-0.2, 0) is 28.9 Å². The van der Waals surface area contributed by atoms with Gasteiger partial charge in [-0.2, -0.15) is 5.10 Å². The molecule has 2 aliphatic rings. The molecule has 2 aromatic heterocycles. The number of fused-ring (bicyclic) bond motifs is 2. The Morgan fingerprint density at radius 2 is 2.03 bits per heavy atom. The molecule has 1 unspecified atom stereocenters. The molecule has 5 rings (SSSR count). The highest BCUT2D eigenvalue weighted by molar-refractivity contribution is 5.87. The minimum atomic E-state index is 0.0340.